The average Bonchev–Trinajstić information content (AvgIpc) is 3.58. The van der Waals surface area contributed by atoms with Crippen molar-refractivity contribution < 1.29 is 40.6 Å². The summed E-state index contributed by atoms with van der Waals surface area (Å²) in [7, 11) is 1.57. The molecule has 1 amide bonds. The lowest BCUT2D eigenvalue weighted by Crippen LogP contribution is -2.39. The van der Waals surface area contributed by atoms with E-state index < -0.39 is 41.7 Å². The summed E-state index contributed by atoms with van der Waals surface area (Å²) < 4.78 is 92.4. The number of benzene rings is 1. The molecule has 2 aliphatic rings. The van der Waals surface area contributed by atoms with Gasteiger partial charge in [0.25, 0.3) is 0 Å². The fraction of sp³-hybridized carbons (Fsp3) is 0.484. The Hall–Kier alpha value is -3.48. The number of thiophene rings is 1. The fourth-order valence-electron chi connectivity index (χ4n) is 6.13. The Kier molecular flexibility index (Phi) is 9.06. The van der Waals surface area contributed by atoms with E-state index in [0.29, 0.717) is 35.8 Å². The number of pyridine rings is 1. The molecule has 0 bridgehead atoms. The minimum Gasteiger partial charge on any atom is -0.495 e. The summed E-state index contributed by atoms with van der Waals surface area (Å²) in [5, 5.41) is 1.89. The van der Waals surface area contributed by atoms with E-state index in [2.05, 4.69) is 4.90 Å². The normalized spacial score (nSPS) is 19.8. The van der Waals surface area contributed by atoms with Gasteiger partial charge in [0.2, 0.25) is 0 Å². The van der Waals surface area contributed by atoms with Crippen LogP contribution in [-0.4, -0.2) is 41.7 Å². The summed E-state index contributed by atoms with van der Waals surface area (Å²) in [5.74, 6) is 1.34. The lowest BCUT2D eigenvalue weighted by Gasteiger charge is -2.36. The van der Waals surface area contributed by atoms with Gasteiger partial charge in [0.05, 0.1) is 35.7 Å². The van der Waals surface area contributed by atoms with E-state index >= 15 is 0 Å². The topological polar surface area (TPSA) is 54.9 Å². The Morgan fingerprint density at radius 3 is 2.30 bits per heavy atom. The number of nitrogens with zero attached hydrogens (tertiary/aromatic N) is 3. The fourth-order valence-corrected chi connectivity index (χ4v) is 6.97. The van der Waals surface area contributed by atoms with Gasteiger partial charge in [-0.3, -0.25) is 4.90 Å². The molecule has 1 unspecified atom stereocenters. The second-order valence-electron chi connectivity index (χ2n) is 11.1. The van der Waals surface area contributed by atoms with Crippen molar-refractivity contribution in [3.8, 4) is 16.2 Å². The Balaban J connectivity index is 1.53. The molecule has 5 rings (SSSR count). The highest BCUT2D eigenvalue weighted by atomic mass is 32.1. The van der Waals surface area contributed by atoms with Crippen LogP contribution in [0.1, 0.15) is 74.3 Å². The molecule has 6 nitrogen and oxygen atoms in total. The molecular formula is C31H33F6N3O3S. The van der Waals surface area contributed by atoms with Crippen LogP contribution in [0.5, 0.6) is 5.75 Å². The standard InChI is InChI=1S/C31H33F6N3O3S/c1-4-39(24-8-6-5-7-9-24)28-21(12-20(16-38-28)27-25(42-3)10-11-44-27)17-40-18(2)26(43-29(40)41)19-13-22(30(32,33)34)15-23(14-19)31(35,36)37/h10-16,18,24,26H,4-9,17H2,1-3H3/t18-,26?/m0/s1. The minimum absolute atomic E-state index is 0.00528. The molecule has 0 spiro atoms. The van der Waals surface area contributed by atoms with Crippen LogP contribution in [0.25, 0.3) is 10.4 Å². The van der Waals surface area contributed by atoms with Gasteiger partial charge < -0.3 is 14.4 Å². The van der Waals surface area contributed by atoms with E-state index in [4.69, 9.17) is 14.5 Å². The molecule has 2 fully saturated rings. The molecular weight excluding hydrogens is 608 g/mol. The second kappa shape index (κ2) is 12.5. The number of halogens is 6. The number of methoxy groups -OCH3 is 1. The largest absolute Gasteiger partial charge is 0.495 e. The molecule has 1 aromatic carbocycles. The van der Waals surface area contributed by atoms with Crippen LogP contribution < -0.4 is 9.64 Å². The molecule has 1 aliphatic heterocycles. The first-order valence-electron chi connectivity index (χ1n) is 14.5. The average molecular weight is 642 g/mol. The second-order valence-corrected chi connectivity index (χ2v) is 12.0. The number of aromatic nitrogens is 1. The predicted octanol–water partition coefficient (Wildman–Crippen LogP) is 9.10. The predicted molar refractivity (Wildman–Crippen MR) is 155 cm³/mol. The van der Waals surface area contributed by atoms with Gasteiger partial charge in [-0.15, -0.1) is 11.3 Å². The number of hydrogen-bond donors (Lipinski definition) is 0. The van der Waals surface area contributed by atoms with Gasteiger partial charge in [0.15, 0.2) is 0 Å². The molecule has 2 atom stereocenters. The Morgan fingerprint density at radius 1 is 1.05 bits per heavy atom. The van der Waals surface area contributed by atoms with Crippen molar-refractivity contribution >= 4 is 23.2 Å². The third kappa shape index (κ3) is 6.47. The summed E-state index contributed by atoms with van der Waals surface area (Å²) in [6, 6.07) is 4.44. The van der Waals surface area contributed by atoms with Crippen molar-refractivity contribution in [2.45, 2.75) is 83.0 Å². The SMILES string of the molecule is CCN(c1ncc(-c2sccc2OC)cc1CN1C(=O)OC(c2cc(C(F)(F)F)cc(C(F)(F)F)c2)[C@@H]1C)C1CCCCC1. The number of anilines is 1. The highest BCUT2D eigenvalue weighted by Gasteiger charge is 2.43. The van der Waals surface area contributed by atoms with Crippen molar-refractivity contribution in [2.75, 3.05) is 18.6 Å². The van der Waals surface area contributed by atoms with Crippen LogP contribution in [0.15, 0.2) is 41.9 Å². The number of carbonyl (C=O) groups excluding carboxylic acids is 1. The highest BCUT2D eigenvalue weighted by molar-refractivity contribution is 7.14. The molecule has 0 radical (unpaired) electrons. The Morgan fingerprint density at radius 2 is 1.70 bits per heavy atom. The summed E-state index contributed by atoms with van der Waals surface area (Å²) in [6.45, 7) is 4.25. The van der Waals surface area contributed by atoms with Crippen molar-refractivity contribution in [3.05, 3.63) is 64.2 Å². The first-order valence-corrected chi connectivity index (χ1v) is 15.3. The lowest BCUT2D eigenvalue weighted by molar-refractivity contribution is -0.143. The Bertz CT molecular complexity index is 1450. The van der Waals surface area contributed by atoms with Crippen molar-refractivity contribution in [1.82, 2.24) is 9.88 Å². The van der Waals surface area contributed by atoms with Crippen molar-refractivity contribution in [3.63, 3.8) is 0 Å². The summed E-state index contributed by atoms with van der Waals surface area (Å²) in [5.41, 5.74) is -1.84. The van der Waals surface area contributed by atoms with Gasteiger partial charge in [-0.25, -0.2) is 9.78 Å². The zero-order valence-corrected chi connectivity index (χ0v) is 25.3. The van der Waals surface area contributed by atoms with E-state index in [-0.39, 0.29) is 24.2 Å². The van der Waals surface area contributed by atoms with Crippen molar-refractivity contribution in [1.29, 1.82) is 0 Å². The summed E-state index contributed by atoms with van der Waals surface area (Å²) in [6.07, 6.45) is -5.12. The van der Waals surface area contributed by atoms with Gasteiger partial charge in [-0.05, 0) is 68.0 Å². The van der Waals surface area contributed by atoms with Crippen LogP contribution in [-0.2, 0) is 23.6 Å². The van der Waals surface area contributed by atoms with E-state index in [1.54, 1.807) is 20.2 Å². The number of rotatable bonds is 8. The summed E-state index contributed by atoms with van der Waals surface area (Å²) in [4.78, 5) is 22.5. The monoisotopic (exact) mass is 641 g/mol. The van der Waals surface area contributed by atoms with Crippen LogP contribution in [0.4, 0.5) is 37.0 Å². The van der Waals surface area contributed by atoms with Crippen LogP contribution in [0, 0.1) is 0 Å². The van der Waals surface area contributed by atoms with Crippen LogP contribution >= 0.6 is 11.3 Å². The zero-order chi connectivity index (χ0) is 31.8. The molecule has 1 saturated carbocycles. The van der Waals surface area contributed by atoms with Gasteiger partial charge in [-0.1, -0.05) is 19.3 Å². The zero-order valence-electron chi connectivity index (χ0n) is 24.5. The molecule has 0 N–H and O–H groups in total. The number of carbonyl (C=O) groups is 1. The molecule has 2 aromatic heterocycles. The smallest absolute Gasteiger partial charge is 0.416 e. The van der Waals surface area contributed by atoms with Crippen LogP contribution in [0.2, 0.25) is 0 Å². The maximum absolute atomic E-state index is 13.6. The number of cyclic esters (lactones) is 1. The first kappa shape index (κ1) is 31.9. The van der Waals surface area contributed by atoms with E-state index in [1.165, 1.54) is 16.2 Å². The first-order chi connectivity index (χ1) is 20.8. The Labute approximate surface area is 255 Å². The lowest BCUT2D eigenvalue weighted by atomic mass is 9.93. The maximum atomic E-state index is 13.6. The summed E-state index contributed by atoms with van der Waals surface area (Å²) >= 11 is 1.46. The number of amides is 1. The number of alkyl halides is 6. The number of hydrogen-bond acceptors (Lipinski definition) is 6. The third-order valence-corrected chi connectivity index (χ3v) is 9.30. The van der Waals surface area contributed by atoms with Crippen LogP contribution in [0.3, 0.4) is 0 Å². The van der Waals surface area contributed by atoms with E-state index in [1.807, 2.05) is 24.4 Å². The molecule has 13 heteroatoms. The highest BCUT2D eigenvalue weighted by Crippen LogP contribution is 2.42. The molecule has 3 aromatic rings. The number of ether oxygens (including phenoxy) is 2. The molecule has 1 aliphatic carbocycles. The van der Waals surface area contributed by atoms with Crippen molar-refractivity contribution in [2.24, 2.45) is 0 Å². The molecule has 238 valence electrons. The van der Waals surface area contributed by atoms with Gasteiger partial charge in [0, 0.05) is 29.9 Å². The quantitative estimate of drug-likeness (QED) is 0.230. The molecule has 3 heterocycles. The van der Waals surface area contributed by atoms with Gasteiger partial charge in [-0.2, -0.15) is 26.3 Å². The third-order valence-electron chi connectivity index (χ3n) is 8.35. The van der Waals surface area contributed by atoms with Gasteiger partial charge >= 0.3 is 18.4 Å². The maximum Gasteiger partial charge on any atom is 0.416 e. The van der Waals surface area contributed by atoms with E-state index in [9.17, 15) is 31.1 Å². The van der Waals surface area contributed by atoms with E-state index in [0.717, 1.165) is 42.5 Å². The molecule has 1 saturated heterocycles. The van der Waals surface area contributed by atoms with Gasteiger partial charge in [0.1, 0.15) is 17.7 Å². The molecule has 44 heavy (non-hydrogen) atoms. The minimum atomic E-state index is -5.02.